The molecule has 0 spiro atoms. The minimum atomic E-state index is -4.47. The van der Waals surface area contributed by atoms with Crippen molar-refractivity contribution in [1.29, 1.82) is 0 Å². The summed E-state index contributed by atoms with van der Waals surface area (Å²) in [5.41, 5.74) is 5.70. The van der Waals surface area contributed by atoms with Crippen molar-refractivity contribution in [1.82, 2.24) is 0 Å². The van der Waals surface area contributed by atoms with Crippen LogP contribution in [0, 0.1) is 0 Å². The van der Waals surface area contributed by atoms with E-state index in [9.17, 15) is 40.7 Å². The molecular formula is C49H46F6N6O3. The molecule has 64 heavy (non-hydrogen) atoms. The summed E-state index contributed by atoms with van der Waals surface area (Å²) in [7, 11) is 9.60. The van der Waals surface area contributed by atoms with Crippen molar-refractivity contribution < 1.29 is 40.7 Å². The van der Waals surface area contributed by atoms with Crippen LogP contribution in [-0.2, 0) is 25.2 Å². The average Bonchev–Trinajstić information content (AvgIpc) is 3.30. The second-order valence-corrected chi connectivity index (χ2v) is 15.3. The number of amides is 6. The van der Waals surface area contributed by atoms with Gasteiger partial charge < -0.3 is 0 Å². The number of carbonyl (C=O) groups is 3. The number of anilines is 6. The van der Waals surface area contributed by atoms with Gasteiger partial charge in [-0.15, -0.1) is 0 Å². The van der Waals surface area contributed by atoms with Gasteiger partial charge in [0, 0.05) is 76.4 Å². The maximum Gasteiger partial charge on any atom is 0.416 e. The van der Waals surface area contributed by atoms with Gasteiger partial charge >= 0.3 is 30.4 Å². The molecule has 6 amide bonds. The lowest BCUT2D eigenvalue weighted by Gasteiger charge is -2.26. The van der Waals surface area contributed by atoms with Gasteiger partial charge in [-0.25, -0.2) is 14.4 Å². The Morgan fingerprint density at radius 1 is 0.312 bits per heavy atom. The first-order valence-electron chi connectivity index (χ1n) is 20.0. The zero-order valence-corrected chi connectivity index (χ0v) is 35.9. The molecular weight excluding hydrogens is 835 g/mol. The van der Waals surface area contributed by atoms with Crippen LogP contribution in [0.5, 0.6) is 0 Å². The van der Waals surface area contributed by atoms with E-state index in [0.717, 1.165) is 46.5 Å². The lowest BCUT2D eigenvalue weighted by molar-refractivity contribution is -0.138. The Morgan fingerprint density at radius 3 is 0.625 bits per heavy atom. The van der Waals surface area contributed by atoms with Gasteiger partial charge in [0.2, 0.25) is 0 Å². The van der Waals surface area contributed by atoms with E-state index in [2.05, 4.69) is 0 Å². The van der Waals surface area contributed by atoms with Crippen LogP contribution in [0.25, 0.3) is 0 Å². The smallest absolute Gasteiger partial charge is 0.297 e. The van der Waals surface area contributed by atoms with Crippen LogP contribution in [-0.4, -0.2) is 60.4 Å². The molecule has 0 bridgehead atoms. The first-order valence-corrected chi connectivity index (χ1v) is 20.0. The zero-order valence-electron chi connectivity index (χ0n) is 35.9. The summed E-state index contributed by atoms with van der Waals surface area (Å²) in [6.07, 6.45) is -7.73. The normalized spacial score (nSPS) is 11.4. The third kappa shape index (κ3) is 10.8. The number of hydrogen-bond donors (Lipinski definition) is 0. The van der Waals surface area contributed by atoms with Gasteiger partial charge in [-0.3, -0.25) is 29.4 Å². The van der Waals surface area contributed by atoms with Crippen molar-refractivity contribution in [3.8, 4) is 0 Å². The SMILES string of the molecule is CN(C(=O)N(C)c1ccc(Cc2ccc(N(C)C(=O)N(C)c3ccc(C(F)(F)F)cc3)cc2)cc1)c1ccc(Cc2ccc(N(C)C(=O)N(C)c3ccc(C(F)(F)F)cc3)cc2)cc1. The molecule has 6 aromatic carbocycles. The highest BCUT2D eigenvalue weighted by molar-refractivity contribution is 6.04. The topological polar surface area (TPSA) is 70.7 Å². The fraction of sp³-hybridized carbons (Fsp3) is 0.204. The first kappa shape index (κ1) is 46.2. The Morgan fingerprint density at radius 2 is 0.469 bits per heavy atom. The Kier molecular flexibility index (Phi) is 13.7. The van der Waals surface area contributed by atoms with Crippen LogP contribution in [0.1, 0.15) is 33.4 Å². The highest BCUT2D eigenvalue weighted by Crippen LogP contribution is 2.32. The fourth-order valence-corrected chi connectivity index (χ4v) is 6.91. The van der Waals surface area contributed by atoms with Crippen molar-refractivity contribution in [3.63, 3.8) is 0 Å². The van der Waals surface area contributed by atoms with Crippen LogP contribution < -0.4 is 29.4 Å². The number of rotatable bonds is 10. The molecule has 0 saturated carbocycles. The van der Waals surface area contributed by atoms with Gasteiger partial charge in [0.05, 0.1) is 11.1 Å². The van der Waals surface area contributed by atoms with Gasteiger partial charge in [0.1, 0.15) is 0 Å². The summed E-state index contributed by atoms with van der Waals surface area (Å²) in [5.74, 6) is 0. The highest BCUT2D eigenvalue weighted by atomic mass is 19.4. The molecule has 6 aromatic rings. The molecule has 0 fully saturated rings. The van der Waals surface area contributed by atoms with E-state index >= 15 is 0 Å². The van der Waals surface area contributed by atoms with E-state index < -0.39 is 35.5 Å². The van der Waals surface area contributed by atoms with Crippen molar-refractivity contribution in [2.45, 2.75) is 25.2 Å². The molecule has 0 aliphatic heterocycles. The highest BCUT2D eigenvalue weighted by Gasteiger charge is 2.31. The van der Waals surface area contributed by atoms with Gasteiger partial charge in [-0.05, 0) is 132 Å². The number of carbonyl (C=O) groups excluding carboxylic acids is 3. The van der Waals surface area contributed by atoms with E-state index in [4.69, 9.17) is 0 Å². The number of hydrogen-bond acceptors (Lipinski definition) is 3. The number of halogens is 6. The molecule has 0 heterocycles. The number of nitrogens with zero attached hydrogens (tertiary/aromatic N) is 6. The van der Waals surface area contributed by atoms with Gasteiger partial charge in [-0.1, -0.05) is 48.5 Å². The monoisotopic (exact) mass is 880 g/mol. The van der Waals surface area contributed by atoms with E-state index in [1.54, 1.807) is 62.3 Å². The third-order valence-corrected chi connectivity index (χ3v) is 11.0. The summed E-state index contributed by atoms with van der Waals surface area (Å²) < 4.78 is 77.8. The number of alkyl halides is 6. The van der Waals surface area contributed by atoms with Crippen LogP contribution in [0.15, 0.2) is 146 Å². The van der Waals surface area contributed by atoms with Crippen molar-refractivity contribution >= 4 is 52.2 Å². The quantitative estimate of drug-likeness (QED) is 0.129. The van der Waals surface area contributed by atoms with E-state index in [1.165, 1.54) is 58.0 Å². The molecule has 0 aliphatic carbocycles. The minimum Gasteiger partial charge on any atom is -0.297 e. The van der Waals surface area contributed by atoms with Gasteiger partial charge in [-0.2, -0.15) is 26.3 Å². The maximum atomic E-state index is 13.5. The van der Waals surface area contributed by atoms with Gasteiger partial charge in [0.15, 0.2) is 0 Å². The van der Waals surface area contributed by atoms with E-state index in [1.807, 2.05) is 72.8 Å². The second-order valence-electron chi connectivity index (χ2n) is 15.3. The van der Waals surface area contributed by atoms with Crippen LogP contribution >= 0.6 is 0 Å². The maximum absolute atomic E-state index is 13.5. The van der Waals surface area contributed by atoms with E-state index in [0.29, 0.717) is 47.0 Å². The molecule has 0 aromatic heterocycles. The Balaban J connectivity index is 0.987. The zero-order chi connectivity index (χ0) is 46.5. The largest absolute Gasteiger partial charge is 0.416 e. The van der Waals surface area contributed by atoms with Crippen LogP contribution in [0.3, 0.4) is 0 Å². The number of benzene rings is 6. The fourth-order valence-electron chi connectivity index (χ4n) is 6.91. The van der Waals surface area contributed by atoms with Crippen molar-refractivity contribution in [3.05, 3.63) is 179 Å². The van der Waals surface area contributed by atoms with Crippen LogP contribution in [0.4, 0.5) is 74.9 Å². The average molecular weight is 881 g/mol. The molecule has 332 valence electrons. The summed E-state index contributed by atoms with van der Waals surface area (Å²) in [6.45, 7) is 0. The summed E-state index contributed by atoms with van der Waals surface area (Å²) in [5, 5.41) is 0. The van der Waals surface area contributed by atoms with Crippen molar-refractivity contribution in [2.75, 3.05) is 71.7 Å². The molecule has 0 N–H and O–H groups in total. The third-order valence-electron chi connectivity index (χ3n) is 11.0. The first-order chi connectivity index (χ1) is 30.2. The molecule has 9 nitrogen and oxygen atoms in total. The Labute approximate surface area is 367 Å². The predicted octanol–water partition coefficient (Wildman–Crippen LogP) is 12.0. The lowest BCUT2D eigenvalue weighted by Crippen LogP contribution is -2.39. The standard InChI is InChI=1S/C49H46F6N6O3/c1-56(39-19-7-33(8-20-39)31-35-11-23-41(24-12-35)58(3)46(63)60(5)43-27-15-37(16-28-43)48(50,51)52)45(62)57(2)40-21-9-34(10-22-40)32-36-13-25-42(26-14-36)59(4)47(64)61(6)44-29-17-38(18-30-44)49(53,54)55/h7-30H,31-32H2,1-6H3. The molecule has 0 atom stereocenters. The molecule has 6 rings (SSSR count). The number of urea groups is 3. The second kappa shape index (κ2) is 19.0. The summed E-state index contributed by atoms with van der Waals surface area (Å²) >= 11 is 0. The molecule has 15 heteroatoms. The molecule has 0 unspecified atom stereocenters. The minimum absolute atomic E-state index is 0.239. The predicted molar refractivity (Wildman–Crippen MR) is 241 cm³/mol. The lowest BCUT2D eigenvalue weighted by atomic mass is 10.0. The molecule has 0 saturated heterocycles. The summed E-state index contributed by atoms with van der Waals surface area (Å²) in [6, 6.07) is 37.8. The summed E-state index contributed by atoms with van der Waals surface area (Å²) in [4.78, 5) is 48.3. The Bertz CT molecular complexity index is 2370. The van der Waals surface area contributed by atoms with E-state index in [-0.39, 0.29) is 6.03 Å². The van der Waals surface area contributed by atoms with Crippen LogP contribution in [0.2, 0.25) is 0 Å². The van der Waals surface area contributed by atoms with Crippen molar-refractivity contribution in [2.24, 2.45) is 0 Å². The van der Waals surface area contributed by atoms with Gasteiger partial charge in [0.25, 0.3) is 0 Å². The molecule has 0 radical (unpaired) electrons. The Hall–Kier alpha value is -7.29. The molecule has 0 aliphatic rings.